The van der Waals surface area contributed by atoms with Crippen LogP contribution in [0.2, 0.25) is 0 Å². The molecule has 0 saturated carbocycles. The molecule has 0 N–H and O–H groups in total. The Morgan fingerprint density at radius 1 is 0.392 bits per heavy atom. The molecule has 0 aliphatic heterocycles. The SMILES string of the molecule is c1ccc(-c2ccccc2-c2ccc3c(c2)c2ncccc2n3-c2ccc3sc4ccc(-n5c6ccccc6c6ncccc65)cc4c3c2)nc1. The number of thiophene rings is 1. The second-order valence-electron chi connectivity index (χ2n) is 12.9. The molecule has 0 atom stereocenters. The van der Waals surface area contributed by atoms with Crippen LogP contribution >= 0.6 is 11.3 Å². The molecule has 0 saturated heterocycles. The predicted molar refractivity (Wildman–Crippen MR) is 212 cm³/mol. The van der Waals surface area contributed by atoms with E-state index in [1.54, 1.807) is 0 Å². The van der Waals surface area contributed by atoms with Gasteiger partial charge in [0.2, 0.25) is 0 Å². The normalized spacial score (nSPS) is 11.9. The van der Waals surface area contributed by atoms with Crippen LogP contribution in [0.25, 0.3) is 97.8 Å². The van der Waals surface area contributed by atoms with Gasteiger partial charge < -0.3 is 9.13 Å². The zero-order valence-corrected chi connectivity index (χ0v) is 28.0. The van der Waals surface area contributed by atoms with Crippen molar-refractivity contribution >= 4 is 75.4 Å². The molecule has 51 heavy (non-hydrogen) atoms. The first-order valence-corrected chi connectivity index (χ1v) is 17.8. The van der Waals surface area contributed by atoms with Gasteiger partial charge in [-0.05, 0) is 102 Å². The summed E-state index contributed by atoms with van der Waals surface area (Å²) in [5.74, 6) is 0. The Kier molecular flexibility index (Phi) is 6.05. The second kappa shape index (κ2) is 10.9. The van der Waals surface area contributed by atoms with Crippen molar-refractivity contribution in [1.82, 2.24) is 24.1 Å². The van der Waals surface area contributed by atoms with Crippen molar-refractivity contribution in [1.29, 1.82) is 0 Å². The zero-order chi connectivity index (χ0) is 33.5. The number of para-hydroxylation sites is 1. The third-order valence-corrected chi connectivity index (χ3v) is 11.2. The molecular weight excluding hydrogens is 643 g/mol. The van der Waals surface area contributed by atoms with Crippen LogP contribution in [0, 0.1) is 0 Å². The molecular formula is C45H27N5S. The third-order valence-electron chi connectivity index (χ3n) is 10.1. The molecule has 0 fully saturated rings. The summed E-state index contributed by atoms with van der Waals surface area (Å²) in [6, 6.07) is 51.9. The van der Waals surface area contributed by atoms with Crippen LogP contribution in [0.1, 0.15) is 0 Å². The van der Waals surface area contributed by atoms with Gasteiger partial charge in [-0.2, -0.15) is 0 Å². The summed E-state index contributed by atoms with van der Waals surface area (Å²) in [7, 11) is 0. The molecule has 11 rings (SSSR count). The average molecular weight is 670 g/mol. The van der Waals surface area contributed by atoms with E-state index < -0.39 is 0 Å². The molecule has 11 aromatic rings. The van der Waals surface area contributed by atoms with Crippen LogP contribution in [0.3, 0.4) is 0 Å². The molecule has 0 radical (unpaired) electrons. The first-order valence-electron chi connectivity index (χ1n) is 17.0. The molecule has 5 aromatic carbocycles. The lowest BCUT2D eigenvalue weighted by Crippen LogP contribution is -1.94. The van der Waals surface area contributed by atoms with Gasteiger partial charge in [0.25, 0.3) is 0 Å². The van der Waals surface area contributed by atoms with Gasteiger partial charge in [-0.25, -0.2) is 0 Å². The Balaban J connectivity index is 1.10. The Hall–Kier alpha value is -6.63. The highest BCUT2D eigenvalue weighted by Crippen LogP contribution is 2.41. The number of nitrogens with zero attached hydrogens (tertiary/aromatic N) is 5. The first-order chi connectivity index (χ1) is 25.3. The molecule has 6 heteroatoms. The van der Waals surface area contributed by atoms with E-state index in [-0.39, 0.29) is 0 Å². The van der Waals surface area contributed by atoms with Crippen molar-refractivity contribution in [2.45, 2.75) is 0 Å². The minimum Gasteiger partial charge on any atom is -0.308 e. The van der Waals surface area contributed by atoms with E-state index >= 15 is 0 Å². The van der Waals surface area contributed by atoms with Gasteiger partial charge in [0.15, 0.2) is 0 Å². The van der Waals surface area contributed by atoms with Crippen LogP contribution in [0.4, 0.5) is 0 Å². The second-order valence-corrected chi connectivity index (χ2v) is 14.0. The van der Waals surface area contributed by atoms with E-state index in [1.165, 1.54) is 20.2 Å². The summed E-state index contributed by atoms with van der Waals surface area (Å²) >= 11 is 1.84. The fourth-order valence-electron chi connectivity index (χ4n) is 7.85. The quantitative estimate of drug-likeness (QED) is 0.187. The molecule has 0 spiro atoms. The van der Waals surface area contributed by atoms with E-state index in [1.807, 2.05) is 54.2 Å². The third kappa shape index (κ3) is 4.24. The molecule has 0 aliphatic carbocycles. The van der Waals surface area contributed by atoms with Crippen molar-refractivity contribution in [3.63, 3.8) is 0 Å². The number of pyridine rings is 3. The van der Waals surface area contributed by atoms with Crippen LogP contribution in [-0.2, 0) is 0 Å². The number of rotatable bonds is 4. The van der Waals surface area contributed by atoms with Crippen molar-refractivity contribution in [2.24, 2.45) is 0 Å². The first kappa shape index (κ1) is 28.2. The summed E-state index contributed by atoms with van der Waals surface area (Å²) in [6.45, 7) is 0. The molecule has 238 valence electrons. The summed E-state index contributed by atoms with van der Waals surface area (Å²) in [4.78, 5) is 14.3. The van der Waals surface area contributed by atoms with Crippen molar-refractivity contribution in [3.8, 4) is 33.8 Å². The maximum atomic E-state index is 4.92. The highest BCUT2D eigenvalue weighted by atomic mass is 32.1. The van der Waals surface area contributed by atoms with Gasteiger partial charge in [0, 0.05) is 66.5 Å². The summed E-state index contributed by atoms with van der Waals surface area (Å²) in [5, 5.41) is 4.77. The molecule has 6 heterocycles. The lowest BCUT2D eigenvalue weighted by molar-refractivity contribution is 1.18. The van der Waals surface area contributed by atoms with Crippen LogP contribution in [0.15, 0.2) is 164 Å². The smallest absolute Gasteiger partial charge is 0.0963 e. The highest BCUT2D eigenvalue weighted by Gasteiger charge is 2.18. The topological polar surface area (TPSA) is 48.5 Å². The molecule has 0 amide bonds. The van der Waals surface area contributed by atoms with Gasteiger partial charge >= 0.3 is 0 Å². The minimum absolute atomic E-state index is 0.961. The van der Waals surface area contributed by atoms with E-state index in [0.29, 0.717) is 0 Å². The van der Waals surface area contributed by atoms with Gasteiger partial charge in [-0.15, -0.1) is 11.3 Å². The van der Waals surface area contributed by atoms with Crippen LogP contribution in [0.5, 0.6) is 0 Å². The van der Waals surface area contributed by atoms with Crippen LogP contribution < -0.4 is 0 Å². The Labute approximate surface area is 296 Å². The Bertz CT molecular complexity index is 3100. The summed E-state index contributed by atoms with van der Waals surface area (Å²) < 4.78 is 7.23. The lowest BCUT2D eigenvalue weighted by Gasteiger charge is -2.11. The monoisotopic (exact) mass is 669 g/mol. The molecule has 0 unspecified atom stereocenters. The van der Waals surface area contributed by atoms with E-state index in [9.17, 15) is 0 Å². The summed E-state index contributed by atoms with van der Waals surface area (Å²) in [5.41, 5.74) is 13.1. The number of fused-ring (bicyclic) bond motifs is 9. The van der Waals surface area contributed by atoms with Crippen molar-refractivity contribution < 1.29 is 0 Å². The Morgan fingerprint density at radius 2 is 0.980 bits per heavy atom. The Morgan fingerprint density at radius 3 is 1.69 bits per heavy atom. The fourth-order valence-corrected chi connectivity index (χ4v) is 8.92. The lowest BCUT2D eigenvalue weighted by atomic mass is 9.96. The van der Waals surface area contributed by atoms with Crippen LogP contribution in [-0.4, -0.2) is 24.1 Å². The largest absolute Gasteiger partial charge is 0.308 e. The molecule has 0 aliphatic rings. The fraction of sp³-hybridized carbons (Fsp3) is 0. The molecule has 0 bridgehead atoms. The van der Waals surface area contributed by atoms with Crippen molar-refractivity contribution in [2.75, 3.05) is 0 Å². The van der Waals surface area contributed by atoms with Gasteiger partial charge in [0.1, 0.15) is 0 Å². The number of benzene rings is 5. The molecule has 6 aromatic heterocycles. The minimum atomic E-state index is 0.961. The average Bonchev–Trinajstić information content (AvgIpc) is 3.85. The van der Waals surface area contributed by atoms with Crippen molar-refractivity contribution in [3.05, 3.63) is 164 Å². The van der Waals surface area contributed by atoms with Gasteiger partial charge in [-0.3, -0.25) is 15.0 Å². The van der Waals surface area contributed by atoms with Gasteiger partial charge in [0.05, 0.1) is 38.8 Å². The van der Waals surface area contributed by atoms with E-state index in [4.69, 9.17) is 9.97 Å². The number of hydrogen-bond donors (Lipinski definition) is 0. The predicted octanol–water partition coefficient (Wildman–Crippen LogP) is 11.8. The molecule has 5 nitrogen and oxygen atoms in total. The standard InChI is InChI=1S/C45H27N5S/c1-2-10-32(37-12-5-6-22-46-37)31(9-1)28-16-19-39-36(25-28)45-41(15-8-24-48-45)50(39)30-18-21-43-35(27-30)34-26-29(17-20-42(34)51-43)49-38-13-4-3-11-33(38)44-40(49)14-7-23-47-44/h1-27H. The zero-order valence-electron chi connectivity index (χ0n) is 27.2. The maximum Gasteiger partial charge on any atom is 0.0963 e. The van der Waals surface area contributed by atoms with E-state index in [2.05, 4.69) is 135 Å². The maximum absolute atomic E-state index is 4.92. The number of hydrogen-bond acceptors (Lipinski definition) is 4. The van der Waals surface area contributed by atoms with E-state index in [0.717, 1.165) is 77.6 Å². The number of aromatic nitrogens is 5. The summed E-state index contributed by atoms with van der Waals surface area (Å²) in [6.07, 6.45) is 5.62. The van der Waals surface area contributed by atoms with Gasteiger partial charge in [-0.1, -0.05) is 54.6 Å². The highest BCUT2D eigenvalue weighted by molar-refractivity contribution is 7.25.